The van der Waals surface area contributed by atoms with Crippen molar-refractivity contribution in [1.82, 2.24) is 13.7 Å². The Balaban J connectivity index is 1.24. The average molecular weight is 664 g/mol. The lowest BCUT2D eigenvalue weighted by Gasteiger charge is -2.16. The fourth-order valence-electron chi connectivity index (χ4n) is 8.73. The number of hydrogen-bond donors (Lipinski definition) is 0. The van der Waals surface area contributed by atoms with Gasteiger partial charge in [-0.05, 0) is 70.8 Å². The second kappa shape index (κ2) is 11.1. The molecular weight excluding hydrogens is 631 g/mol. The van der Waals surface area contributed by atoms with Gasteiger partial charge in [0.05, 0.1) is 33.3 Å². The summed E-state index contributed by atoms with van der Waals surface area (Å²) in [6.45, 7) is 0. The van der Waals surface area contributed by atoms with Crippen molar-refractivity contribution in [3.63, 3.8) is 0 Å². The first-order valence-electron chi connectivity index (χ1n) is 17.9. The molecule has 0 saturated carbocycles. The summed E-state index contributed by atoms with van der Waals surface area (Å²) >= 11 is 0. The zero-order chi connectivity index (χ0) is 34.3. The molecule has 0 amide bonds. The fourth-order valence-corrected chi connectivity index (χ4v) is 8.73. The Morgan fingerprint density at radius 2 is 0.865 bits per heavy atom. The summed E-state index contributed by atoms with van der Waals surface area (Å²) in [5, 5.41) is 7.55. The van der Waals surface area contributed by atoms with Crippen LogP contribution in [0, 0.1) is 0 Å². The SMILES string of the molecule is Cn1c2ccccc2c2c1ccc1c3ccccc3n(-c3cccc4c5ccccc5n(-c5cccc(-c6cccc(-c7ccccc7)c6)c5)c34)c12. The van der Waals surface area contributed by atoms with Gasteiger partial charge in [0.2, 0.25) is 0 Å². The second-order valence-electron chi connectivity index (χ2n) is 13.8. The van der Waals surface area contributed by atoms with Gasteiger partial charge in [0, 0.05) is 50.6 Å². The van der Waals surface area contributed by atoms with Crippen LogP contribution in [0.25, 0.3) is 99.0 Å². The summed E-state index contributed by atoms with van der Waals surface area (Å²) in [5.41, 5.74) is 14.4. The van der Waals surface area contributed by atoms with E-state index in [-0.39, 0.29) is 0 Å². The molecule has 0 unspecified atom stereocenters. The predicted molar refractivity (Wildman–Crippen MR) is 220 cm³/mol. The molecule has 8 aromatic carbocycles. The van der Waals surface area contributed by atoms with Gasteiger partial charge in [0.1, 0.15) is 0 Å². The predicted octanol–water partition coefficient (Wildman–Crippen LogP) is 12.9. The van der Waals surface area contributed by atoms with E-state index in [1.807, 2.05) is 0 Å². The van der Waals surface area contributed by atoms with Gasteiger partial charge in [0.25, 0.3) is 0 Å². The smallest absolute Gasteiger partial charge is 0.0782 e. The average Bonchev–Trinajstić information content (AvgIpc) is 3.84. The van der Waals surface area contributed by atoms with Crippen LogP contribution in [-0.2, 0) is 7.05 Å². The van der Waals surface area contributed by atoms with Gasteiger partial charge in [-0.1, -0.05) is 133 Å². The highest BCUT2D eigenvalue weighted by Crippen LogP contribution is 2.43. The van der Waals surface area contributed by atoms with Crippen LogP contribution in [-0.4, -0.2) is 13.7 Å². The third-order valence-corrected chi connectivity index (χ3v) is 11.0. The number of aryl methyl sites for hydroxylation is 1. The van der Waals surface area contributed by atoms with Crippen LogP contribution in [0.2, 0.25) is 0 Å². The number of fused-ring (bicyclic) bond motifs is 10. The number of rotatable bonds is 4. The standard InChI is InChI=1S/C49H33N3/c1-50-42-24-8-7-22-41(42)47-45(50)29-28-40-38-21-6-10-26-44(38)52(49(40)47)46-27-13-23-39-37-20-5-9-25-43(37)51(48(39)46)36-19-12-18-35(31-36)34-17-11-16-33(30-34)32-14-3-2-4-15-32/h2-31H,1H3. The van der Waals surface area contributed by atoms with Crippen LogP contribution in [0.15, 0.2) is 182 Å². The Bertz CT molecular complexity index is 3190. The van der Waals surface area contributed by atoms with Gasteiger partial charge in [0.15, 0.2) is 0 Å². The van der Waals surface area contributed by atoms with Crippen molar-refractivity contribution in [2.24, 2.45) is 7.05 Å². The summed E-state index contributed by atoms with van der Waals surface area (Å²) in [6.07, 6.45) is 0. The summed E-state index contributed by atoms with van der Waals surface area (Å²) in [7, 11) is 2.19. The van der Waals surface area contributed by atoms with Crippen LogP contribution in [0.1, 0.15) is 0 Å². The normalized spacial score (nSPS) is 11.9. The Morgan fingerprint density at radius 1 is 0.327 bits per heavy atom. The molecule has 11 rings (SSSR count). The van der Waals surface area contributed by atoms with E-state index in [9.17, 15) is 0 Å². The van der Waals surface area contributed by atoms with Gasteiger partial charge in [-0.3, -0.25) is 0 Å². The highest BCUT2D eigenvalue weighted by molar-refractivity contribution is 6.26. The van der Waals surface area contributed by atoms with Gasteiger partial charge in [-0.2, -0.15) is 0 Å². The van der Waals surface area contributed by atoms with E-state index in [2.05, 4.69) is 203 Å². The van der Waals surface area contributed by atoms with Crippen molar-refractivity contribution in [2.45, 2.75) is 0 Å². The van der Waals surface area contributed by atoms with E-state index in [1.54, 1.807) is 0 Å². The topological polar surface area (TPSA) is 14.8 Å². The number of para-hydroxylation sites is 4. The lowest BCUT2D eigenvalue weighted by atomic mass is 9.99. The molecule has 0 spiro atoms. The monoisotopic (exact) mass is 663 g/mol. The van der Waals surface area contributed by atoms with Crippen molar-refractivity contribution < 1.29 is 0 Å². The molecule has 0 atom stereocenters. The highest BCUT2D eigenvalue weighted by Gasteiger charge is 2.23. The molecule has 3 heteroatoms. The minimum absolute atomic E-state index is 1.14. The quantitative estimate of drug-likeness (QED) is 0.178. The zero-order valence-electron chi connectivity index (χ0n) is 28.7. The van der Waals surface area contributed by atoms with E-state index in [0.29, 0.717) is 0 Å². The maximum absolute atomic E-state index is 2.53. The molecule has 3 aromatic heterocycles. The molecule has 11 aromatic rings. The molecular formula is C49H33N3. The van der Waals surface area contributed by atoms with E-state index in [1.165, 1.54) is 87.7 Å². The summed E-state index contributed by atoms with van der Waals surface area (Å²) in [4.78, 5) is 0. The Morgan fingerprint density at radius 3 is 1.63 bits per heavy atom. The first kappa shape index (κ1) is 28.9. The minimum Gasteiger partial charge on any atom is -0.344 e. The number of aromatic nitrogens is 3. The lowest BCUT2D eigenvalue weighted by Crippen LogP contribution is -2.01. The van der Waals surface area contributed by atoms with Gasteiger partial charge in [-0.25, -0.2) is 0 Å². The molecule has 0 aliphatic rings. The van der Waals surface area contributed by atoms with Crippen molar-refractivity contribution in [2.75, 3.05) is 0 Å². The molecule has 0 radical (unpaired) electrons. The molecule has 0 bridgehead atoms. The molecule has 0 aliphatic heterocycles. The molecule has 0 saturated heterocycles. The maximum atomic E-state index is 2.53. The molecule has 52 heavy (non-hydrogen) atoms. The number of nitrogens with zero attached hydrogens (tertiary/aromatic N) is 3. The number of hydrogen-bond acceptors (Lipinski definition) is 0. The van der Waals surface area contributed by atoms with Crippen LogP contribution in [0.3, 0.4) is 0 Å². The molecule has 3 heterocycles. The van der Waals surface area contributed by atoms with Crippen LogP contribution >= 0.6 is 0 Å². The van der Waals surface area contributed by atoms with Crippen molar-refractivity contribution in [3.05, 3.63) is 182 Å². The van der Waals surface area contributed by atoms with Gasteiger partial charge >= 0.3 is 0 Å². The Hall–Kier alpha value is -6.84. The third-order valence-electron chi connectivity index (χ3n) is 11.0. The van der Waals surface area contributed by atoms with Crippen molar-refractivity contribution >= 4 is 65.4 Å². The minimum atomic E-state index is 1.14. The lowest BCUT2D eigenvalue weighted by molar-refractivity contribution is 1.01. The second-order valence-corrected chi connectivity index (χ2v) is 13.8. The van der Waals surface area contributed by atoms with Crippen LogP contribution in [0.5, 0.6) is 0 Å². The Kier molecular flexibility index (Phi) is 6.17. The molecule has 244 valence electrons. The summed E-state index contributed by atoms with van der Waals surface area (Å²) in [5.74, 6) is 0. The van der Waals surface area contributed by atoms with Crippen molar-refractivity contribution in [3.8, 4) is 33.6 Å². The van der Waals surface area contributed by atoms with E-state index >= 15 is 0 Å². The number of benzene rings is 8. The van der Waals surface area contributed by atoms with Crippen LogP contribution in [0.4, 0.5) is 0 Å². The zero-order valence-corrected chi connectivity index (χ0v) is 28.7. The van der Waals surface area contributed by atoms with Gasteiger partial charge in [-0.15, -0.1) is 0 Å². The molecule has 0 aliphatic carbocycles. The molecule has 0 fully saturated rings. The summed E-state index contributed by atoms with van der Waals surface area (Å²) in [6, 6.07) is 66.5. The Labute approximate surface area is 300 Å². The fraction of sp³-hybridized carbons (Fsp3) is 0.0204. The highest BCUT2D eigenvalue weighted by atomic mass is 15.1. The van der Waals surface area contributed by atoms with E-state index in [0.717, 1.165) is 11.4 Å². The van der Waals surface area contributed by atoms with E-state index < -0.39 is 0 Å². The van der Waals surface area contributed by atoms with Crippen molar-refractivity contribution in [1.29, 1.82) is 0 Å². The summed E-state index contributed by atoms with van der Waals surface area (Å²) < 4.78 is 7.35. The van der Waals surface area contributed by atoms with Gasteiger partial charge < -0.3 is 13.7 Å². The first-order chi connectivity index (χ1) is 25.7. The molecule has 0 N–H and O–H groups in total. The molecule has 3 nitrogen and oxygen atoms in total. The third kappa shape index (κ3) is 4.08. The first-order valence-corrected chi connectivity index (χ1v) is 17.9. The maximum Gasteiger partial charge on any atom is 0.0782 e. The van der Waals surface area contributed by atoms with E-state index in [4.69, 9.17) is 0 Å². The largest absolute Gasteiger partial charge is 0.344 e. The van der Waals surface area contributed by atoms with Crippen LogP contribution < -0.4 is 0 Å².